The van der Waals surface area contributed by atoms with Gasteiger partial charge in [-0.15, -0.1) is 11.3 Å². The summed E-state index contributed by atoms with van der Waals surface area (Å²) in [5.74, 6) is 0. The Morgan fingerprint density at radius 2 is 2.10 bits per heavy atom. The van der Waals surface area contributed by atoms with Gasteiger partial charge in [-0.25, -0.2) is 13.4 Å². The predicted octanol–water partition coefficient (Wildman–Crippen LogP) is 1.90. The van der Waals surface area contributed by atoms with Crippen LogP contribution in [0.4, 0.5) is 5.13 Å². The van der Waals surface area contributed by atoms with Crippen LogP contribution >= 0.6 is 11.3 Å². The molecule has 7 heteroatoms. The summed E-state index contributed by atoms with van der Waals surface area (Å²) in [6.07, 6.45) is 6.69. The lowest BCUT2D eigenvalue weighted by Crippen LogP contribution is -2.35. The number of hydrogen-bond donors (Lipinski definition) is 2. The third-order valence-corrected chi connectivity index (χ3v) is 6.78. The normalized spacial score (nSPS) is 20.4. The van der Waals surface area contributed by atoms with E-state index < -0.39 is 15.3 Å². The minimum Gasteiger partial charge on any atom is -0.313 e. The zero-order chi connectivity index (χ0) is 14.2. The van der Waals surface area contributed by atoms with Crippen LogP contribution < -0.4 is 10.0 Å². The van der Waals surface area contributed by atoms with Gasteiger partial charge < -0.3 is 5.32 Å². The van der Waals surface area contributed by atoms with Gasteiger partial charge in [0.25, 0.3) is 0 Å². The Bertz CT molecular complexity index is 555. The third kappa shape index (κ3) is 3.32. The Morgan fingerprint density at radius 1 is 1.35 bits per heavy atom. The van der Waals surface area contributed by atoms with E-state index in [9.17, 15) is 8.42 Å². The lowest BCUT2D eigenvalue weighted by molar-refractivity contribution is 0.576. The van der Waals surface area contributed by atoms with Gasteiger partial charge in [0.2, 0.25) is 10.0 Å². The highest BCUT2D eigenvalue weighted by Gasteiger charge is 2.27. The fourth-order valence-electron chi connectivity index (χ4n) is 2.35. The molecule has 1 aromatic heterocycles. The zero-order valence-corrected chi connectivity index (χ0v) is 13.3. The molecule has 5 nitrogen and oxygen atoms in total. The number of aryl methyl sites for hydroxylation is 2. The Labute approximate surface area is 124 Å². The van der Waals surface area contributed by atoms with Crippen LogP contribution in [0.25, 0.3) is 0 Å². The number of nitrogens with one attached hydrogen (secondary N) is 2. The van der Waals surface area contributed by atoms with Crippen molar-refractivity contribution in [2.24, 2.45) is 0 Å². The number of aromatic nitrogens is 1. The SMILES string of the molecule is CC(CNC1CC1)S(=O)(=O)Nc1nc2c(s1)CCCC2. The Kier molecular flexibility index (Phi) is 4.01. The highest BCUT2D eigenvalue weighted by Crippen LogP contribution is 2.30. The van der Waals surface area contributed by atoms with Gasteiger partial charge in [0.15, 0.2) is 5.13 Å². The fraction of sp³-hybridized carbons (Fsp3) is 0.769. The van der Waals surface area contributed by atoms with Crippen LogP contribution in [0.1, 0.15) is 43.2 Å². The maximum Gasteiger partial charge on any atom is 0.238 e. The molecular formula is C13H21N3O2S2. The Balaban J connectivity index is 1.63. The van der Waals surface area contributed by atoms with Gasteiger partial charge in [-0.3, -0.25) is 4.72 Å². The molecular weight excluding hydrogens is 294 g/mol. The topological polar surface area (TPSA) is 71.1 Å². The smallest absolute Gasteiger partial charge is 0.238 e. The number of fused-ring (bicyclic) bond motifs is 1. The maximum absolute atomic E-state index is 12.3. The van der Waals surface area contributed by atoms with Crippen LogP contribution in [0.5, 0.6) is 0 Å². The van der Waals surface area contributed by atoms with Crippen LogP contribution in [-0.4, -0.2) is 31.2 Å². The third-order valence-electron chi connectivity index (χ3n) is 3.88. The second-order valence-electron chi connectivity index (χ2n) is 5.74. The molecule has 1 unspecified atom stereocenters. The van der Waals surface area contributed by atoms with E-state index >= 15 is 0 Å². The van der Waals surface area contributed by atoms with E-state index in [-0.39, 0.29) is 0 Å². The lowest BCUT2D eigenvalue weighted by atomic mass is 10.0. The first-order valence-electron chi connectivity index (χ1n) is 7.28. The first-order valence-corrected chi connectivity index (χ1v) is 9.64. The summed E-state index contributed by atoms with van der Waals surface area (Å²) in [5.41, 5.74) is 1.09. The van der Waals surface area contributed by atoms with Crippen molar-refractivity contribution in [2.75, 3.05) is 11.3 Å². The quantitative estimate of drug-likeness (QED) is 0.841. The number of anilines is 1. The van der Waals surface area contributed by atoms with Crippen LogP contribution in [0.15, 0.2) is 0 Å². The molecule has 0 radical (unpaired) electrons. The number of nitrogens with zero attached hydrogens (tertiary/aromatic N) is 1. The Hall–Kier alpha value is -0.660. The van der Waals surface area contributed by atoms with Crippen LogP contribution in [0.2, 0.25) is 0 Å². The summed E-state index contributed by atoms with van der Waals surface area (Å²) in [7, 11) is -3.35. The summed E-state index contributed by atoms with van der Waals surface area (Å²) >= 11 is 1.49. The molecule has 2 aliphatic carbocycles. The summed E-state index contributed by atoms with van der Waals surface area (Å²) in [5, 5.41) is 3.36. The van der Waals surface area contributed by atoms with E-state index in [0.717, 1.165) is 25.0 Å². The first-order chi connectivity index (χ1) is 9.54. The minimum atomic E-state index is -3.35. The van der Waals surface area contributed by atoms with Crippen molar-refractivity contribution >= 4 is 26.5 Å². The van der Waals surface area contributed by atoms with E-state index in [1.165, 1.54) is 35.5 Å². The van der Waals surface area contributed by atoms with E-state index in [4.69, 9.17) is 0 Å². The molecule has 0 aliphatic heterocycles. The van der Waals surface area contributed by atoms with Gasteiger partial charge in [-0.2, -0.15) is 0 Å². The van der Waals surface area contributed by atoms with Crippen molar-refractivity contribution in [3.63, 3.8) is 0 Å². The van der Waals surface area contributed by atoms with Crippen molar-refractivity contribution in [1.29, 1.82) is 0 Å². The van der Waals surface area contributed by atoms with E-state index in [1.807, 2.05) is 0 Å². The summed E-state index contributed by atoms with van der Waals surface area (Å²) in [4.78, 5) is 5.68. The second-order valence-corrected chi connectivity index (χ2v) is 8.92. The van der Waals surface area contributed by atoms with Gasteiger partial charge >= 0.3 is 0 Å². The van der Waals surface area contributed by atoms with Gasteiger partial charge in [-0.05, 0) is 45.4 Å². The average Bonchev–Trinajstić information content (AvgIpc) is 3.14. The molecule has 2 N–H and O–H groups in total. The number of sulfonamides is 1. The molecule has 0 amide bonds. The molecule has 1 aromatic rings. The molecule has 1 fully saturated rings. The van der Waals surface area contributed by atoms with Gasteiger partial charge in [-0.1, -0.05) is 0 Å². The summed E-state index contributed by atoms with van der Waals surface area (Å²) in [6.45, 7) is 2.25. The van der Waals surface area contributed by atoms with Crippen LogP contribution in [0, 0.1) is 0 Å². The van der Waals surface area contributed by atoms with Crippen molar-refractivity contribution in [2.45, 2.75) is 56.7 Å². The number of hydrogen-bond acceptors (Lipinski definition) is 5. The molecule has 1 saturated carbocycles. The molecule has 112 valence electrons. The van der Waals surface area contributed by atoms with Gasteiger partial charge in [0.05, 0.1) is 10.9 Å². The fourth-order valence-corrected chi connectivity index (χ4v) is 4.57. The molecule has 0 spiro atoms. The highest BCUT2D eigenvalue weighted by atomic mass is 32.2. The molecule has 2 aliphatic rings. The maximum atomic E-state index is 12.3. The lowest BCUT2D eigenvalue weighted by Gasteiger charge is -2.13. The van der Waals surface area contributed by atoms with Crippen molar-refractivity contribution < 1.29 is 8.42 Å². The van der Waals surface area contributed by atoms with Crippen molar-refractivity contribution in [3.8, 4) is 0 Å². The van der Waals surface area contributed by atoms with Crippen molar-refractivity contribution in [1.82, 2.24) is 10.3 Å². The van der Waals surface area contributed by atoms with Gasteiger partial charge in [0, 0.05) is 17.5 Å². The molecule has 0 aromatic carbocycles. The van der Waals surface area contributed by atoms with Crippen LogP contribution in [-0.2, 0) is 22.9 Å². The first kappa shape index (κ1) is 14.3. The second kappa shape index (κ2) is 5.61. The van der Waals surface area contributed by atoms with Gasteiger partial charge in [0.1, 0.15) is 0 Å². The van der Waals surface area contributed by atoms with E-state index in [1.54, 1.807) is 6.92 Å². The minimum absolute atomic E-state index is 0.441. The van der Waals surface area contributed by atoms with E-state index in [2.05, 4.69) is 15.0 Å². The number of thiazole rings is 1. The molecule has 3 rings (SSSR count). The van der Waals surface area contributed by atoms with E-state index in [0.29, 0.717) is 17.7 Å². The molecule has 1 heterocycles. The Morgan fingerprint density at radius 3 is 2.80 bits per heavy atom. The average molecular weight is 315 g/mol. The highest BCUT2D eigenvalue weighted by molar-refractivity contribution is 7.93. The molecule has 0 saturated heterocycles. The summed E-state index contributed by atoms with van der Waals surface area (Å²) in [6, 6.07) is 0.528. The molecule has 0 bridgehead atoms. The molecule has 20 heavy (non-hydrogen) atoms. The van der Waals surface area contributed by atoms with Crippen molar-refractivity contribution in [3.05, 3.63) is 10.6 Å². The predicted molar refractivity (Wildman–Crippen MR) is 81.8 cm³/mol. The summed E-state index contributed by atoms with van der Waals surface area (Å²) < 4.78 is 27.2. The number of rotatable bonds is 6. The largest absolute Gasteiger partial charge is 0.313 e. The molecule has 1 atom stereocenters. The van der Waals surface area contributed by atoms with Crippen LogP contribution in [0.3, 0.4) is 0 Å². The monoisotopic (exact) mass is 315 g/mol. The standard InChI is InChI=1S/C13H21N3O2S2/c1-9(8-14-10-6-7-10)20(17,18)16-13-15-11-4-2-3-5-12(11)19-13/h9-10,14H,2-8H2,1H3,(H,15,16). The zero-order valence-electron chi connectivity index (χ0n) is 11.7.